The second-order valence-electron chi connectivity index (χ2n) is 6.21. The summed E-state index contributed by atoms with van der Waals surface area (Å²) in [5.74, 6) is 0.247. The van der Waals surface area contributed by atoms with Crippen molar-refractivity contribution in [1.29, 1.82) is 0 Å². The lowest BCUT2D eigenvalue weighted by molar-refractivity contribution is -0.133. The van der Waals surface area contributed by atoms with Crippen molar-refractivity contribution in [3.05, 3.63) is 0 Å². The lowest BCUT2D eigenvalue weighted by atomic mass is 9.73. The number of carbonyl (C=O) groups is 1. The van der Waals surface area contributed by atoms with Crippen LogP contribution in [-0.4, -0.2) is 18.5 Å². The van der Waals surface area contributed by atoms with E-state index in [1.165, 1.54) is 32.1 Å². The average molecular weight is 252 g/mol. The zero-order chi connectivity index (χ0) is 12.8. The minimum Gasteiger partial charge on any atom is -0.353 e. The van der Waals surface area contributed by atoms with Gasteiger partial charge in [-0.05, 0) is 25.7 Å². The first-order valence-electron chi connectivity index (χ1n) is 7.78. The third-order valence-electron chi connectivity index (χ3n) is 4.87. The minimum atomic E-state index is -0.245. The fourth-order valence-electron chi connectivity index (χ4n) is 3.51. The van der Waals surface area contributed by atoms with Crippen molar-refractivity contribution in [2.24, 2.45) is 11.1 Å². The molecule has 0 spiro atoms. The molecule has 0 unspecified atom stereocenters. The summed E-state index contributed by atoms with van der Waals surface area (Å²) in [6.07, 6.45) is 13.1. The van der Waals surface area contributed by atoms with Crippen molar-refractivity contribution in [1.82, 2.24) is 5.32 Å². The minimum absolute atomic E-state index is 0.245. The fraction of sp³-hybridized carbons (Fsp3) is 0.933. The Labute approximate surface area is 111 Å². The molecule has 0 aliphatic heterocycles. The van der Waals surface area contributed by atoms with Gasteiger partial charge in [0.25, 0.3) is 0 Å². The van der Waals surface area contributed by atoms with Gasteiger partial charge < -0.3 is 11.1 Å². The molecular weight excluding hydrogens is 224 g/mol. The standard InChI is InChI=1S/C15H28N2O/c16-12-15(10-6-3-7-11-15)14(18)17-13-8-4-1-2-5-9-13/h13H,1-12,16H2,(H,17,18). The van der Waals surface area contributed by atoms with Crippen LogP contribution >= 0.6 is 0 Å². The van der Waals surface area contributed by atoms with Gasteiger partial charge in [0, 0.05) is 12.6 Å². The van der Waals surface area contributed by atoms with Gasteiger partial charge in [-0.25, -0.2) is 0 Å². The highest BCUT2D eigenvalue weighted by Crippen LogP contribution is 2.36. The molecule has 104 valence electrons. The van der Waals surface area contributed by atoms with E-state index in [0.717, 1.165) is 38.5 Å². The fourth-order valence-corrected chi connectivity index (χ4v) is 3.51. The van der Waals surface area contributed by atoms with E-state index >= 15 is 0 Å². The molecule has 0 radical (unpaired) electrons. The van der Waals surface area contributed by atoms with Gasteiger partial charge in [-0.1, -0.05) is 44.9 Å². The van der Waals surface area contributed by atoms with Crippen LogP contribution in [-0.2, 0) is 4.79 Å². The third kappa shape index (κ3) is 3.25. The normalized spacial score (nSPS) is 25.4. The van der Waals surface area contributed by atoms with Gasteiger partial charge in [-0.3, -0.25) is 4.79 Å². The van der Waals surface area contributed by atoms with E-state index in [4.69, 9.17) is 5.73 Å². The van der Waals surface area contributed by atoms with Crippen molar-refractivity contribution in [3.63, 3.8) is 0 Å². The van der Waals surface area contributed by atoms with Gasteiger partial charge in [0.2, 0.25) is 5.91 Å². The molecule has 0 saturated heterocycles. The predicted molar refractivity (Wildman–Crippen MR) is 74.2 cm³/mol. The van der Waals surface area contributed by atoms with Gasteiger partial charge in [0.05, 0.1) is 5.41 Å². The van der Waals surface area contributed by atoms with E-state index < -0.39 is 0 Å². The molecule has 3 heteroatoms. The van der Waals surface area contributed by atoms with Crippen LogP contribution in [0.25, 0.3) is 0 Å². The Morgan fingerprint density at radius 1 is 1.00 bits per heavy atom. The second kappa shape index (κ2) is 6.55. The molecule has 0 atom stereocenters. The van der Waals surface area contributed by atoms with Crippen LogP contribution in [0.3, 0.4) is 0 Å². The van der Waals surface area contributed by atoms with E-state index in [9.17, 15) is 4.79 Å². The number of nitrogens with one attached hydrogen (secondary N) is 1. The first kappa shape index (κ1) is 13.9. The van der Waals surface area contributed by atoms with E-state index in [1.807, 2.05) is 0 Å². The second-order valence-corrected chi connectivity index (χ2v) is 6.21. The number of nitrogens with two attached hydrogens (primary N) is 1. The first-order valence-corrected chi connectivity index (χ1v) is 7.78. The number of hydrogen-bond donors (Lipinski definition) is 2. The van der Waals surface area contributed by atoms with E-state index in [-0.39, 0.29) is 11.3 Å². The SMILES string of the molecule is NCC1(C(=O)NC2CCCCCC2)CCCCC1. The molecule has 0 bridgehead atoms. The average Bonchev–Trinajstić information content (AvgIpc) is 2.68. The van der Waals surface area contributed by atoms with E-state index in [0.29, 0.717) is 12.6 Å². The Morgan fingerprint density at radius 2 is 1.56 bits per heavy atom. The molecule has 2 fully saturated rings. The maximum absolute atomic E-state index is 12.5. The molecule has 0 aromatic heterocycles. The van der Waals surface area contributed by atoms with Crippen LogP contribution in [0.5, 0.6) is 0 Å². The van der Waals surface area contributed by atoms with Gasteiger partial charge in [0.15, 0.2) is 0 Å². The van der Waals surface area contributed by atoms with Crippen LogP contribution < -0.4 is 11.1 Å². The number of hydrogen-bond acceptors (Lipinski definition) is 2. The molecular formula is C15H28N2O. The van der Waals surface area contributed by atoms with E-state index in [2.05, 4.69) is 5.32 Å². The highest BCUT2D eigenvalue weighted by molar-refractivity contribution is 5.83. The smallest absolute Gasteiger partial charge is 0.227 e. The van der Waals surface area contributed by atoms with Gasteiger partial charge in [-0.2, -0.15) is 0 Å². The maximum Gasteiger partial charge on any atom is 0.227 e. The molecule has 2 aliphatic rings. The summed E-state index contributed by atoms with van der Waals surface area (Å²) in [7, 11) is 0. The zero-order valence-corrected chi connectivity index (χ0v) is 11.5. The van der Waals surface area contributed by atoms with Crippen LogP contribution in [0.1, 0.15) is 70.6 Å². The molecule has 3 nitrogen and oxygen atoms in total. The first-order chi connectivity index (χ1) is 8.77. The highest BCUT2D eigenvalue weighted by atomic mass is 16.2. The topological polar surface area (TPSA) is 55.1 Å². The summed E-state index contributed by atoms with van der Waals surface area (Å²) >= 11 is 0. The molecule has 2 rings (SSSR count). The van der Waals surface area contributed by atoms with Crippen molar-refractivity contribution in [2.45, 2.75) is 76.7 Å². The summed E-state index contributed by atoms with van der Waals surface area (Å²) in [4.78, 5) is 12.5. The highest BCUT2D eigenvalue weighted by Gasteiger charge is 2.38. The largest absolute Gasteiger partial charge is 0.353 e. The number of amides is 1. The summed E-state index contributed by atoms with van der Waals surface area (Å²) in [6.45, 7) is 0.519. The Kier molecular flexibility index (Phi) is 5.04. The molecule has 0 heterocycles. The lowest BCUT2D eigenvalue weighted by Crippen LogP contribution is -2.50. The third-order valence-corrected chi connectivity index (χ3v) is 4.87. The number of rotatable bonds is 3. The molecule has 2 saturated carbocycles. The molecule has 1 amide bonds. The monoisotopic (exact) mass is 252 g/mol. The molecule has 3 N–H and O–H groups in total. The molecule has 2 aliphatic carbocycles. The van der Waals surface area contributed by atoms with Crippen LogP contribution in [0, 0.1) is 5.41 Å². The Morgan fingerprint density at radius 3 is 2.11 bits per heavy atom. The molecule has 18 heavy (non-hydrogen) atoms. The molecule has 0 aromatic rings. The van der Waals surface area contributed by atoms with E-state index in [1.54, 1.807) is 0 Å². The summed E-state index contributed by atoms with van der Waals surface area (Å²) in [6, 6.07) is 0.408. The van der Waals surface area contributed by atoms with Crippen LogP contribution in [0.15, 0.2) is 0 Å². The summed E-state index contributed by atoms with van der Waals surface area (Å²) in [5.41, 5.74) is 5.67. The summed E-state index contributed by atoms with van der Waals surface area (Å²) in [5, 5.41) is 3.30. The lowest BCUT2D eigenvalue weighted by Gasteiger charge is -2.36. The zero-order valence-electron chi connectivity index (χ0n) is 11.5. The maximum atomic E-state index is 12.5. The van der Waals surface area contributed by atoms with Crippen molar-refractivity contribution in [3.8, 4) is 0 Å². The van der Waals surface area contributed by atoms with Crippen molar-refractivity contribution < 1.29 is 4.79 Å². The Balaban J connectivity index is 1.91. The Bertz CT molecular complexity index is 264. The summed E-state index contributed by atoms with van der Waals surface area (Å²) < 4.78 is 0. The Hall–Kier alpha value is -0.570. The van der Waals surface area contributed by atoms with Gasteiger partial charge >= 0.3 is 0 Å². The van der Waals surface area contributed by atoms with Gasteiger partial charge in [-0.15, -0.1) is 0 Å². The van der Waals surface area contributed by atoms with Gasteiger partial charge in [0.1, 0.15) is 0 Å². The quantitative estimate of drug-likeness (QED) is 0.759. The van der Waals surface area contributed by atoms with Crippen LogP contribution in [0.2, 0.25) is 0 Å². The van der Waals surface area contributed by atoms with Crippen molar-refractivity contribution in [2.75, 3.05) is 6.54 Å². The van der Waals surface area contributed by atoms with Crippen LogP contribution in [0.4, 0.5) is 0 Å². The number of carbonyl (C=O) groups excluding carboxylic acids is 1. The molecule has 0 aromatic carbocycles. The predicted octanol–water partition coefficient (Wildman–Crippen LogP) is 2.73. The van der Waals surface area contributed by atoms with Crippen molar-refractivity contribution >= 4 is 5.91 Å².